The summed E-state index contributed by atoms with van der Waals surface area (Å²) in [5.74, 6) is -1.13. The Morgan fingerprint density at radius 3 is 0.826 bits per heavy atom. The van der Waals surface area contributed by atoms with Crippen LogP contribution in [0.4, 0.5) is 0 Å². The first-order valence-electron chi connectivity index (χ1n) is 27.0. The van der Waals surface area contributed by atoms with E-state index in [1.165, 1.54) is 51.4 Å². The van der Waals surface area contributed by atoms with E-state index in [1.54, 1.807) is 0 Å². The summed E-state index contributed by atoms with van der Waals surface area (Å²) in [7, 11) is 0. The van der Waals surface area contributed by atoms with Crippen LogP contribution in [0, 0.1) is 0 Å². The SMILES string of the molecule is CC/C=C\C/C=C\C/C=C\C/C=C\C/C=C\CCCC(=O)OCC(COC(=O)CCC/C=C\C/C=C\C/C=C\C/C=C\CCCCC)OC(=O)CCC/C=C\C/C=C\C/C=C\C/C=C\CCCCC. The fourth-order valence-electron chi connectivity index (χ4n) is 6.46. The van der Waals surface area contributed by atoms with Crippen LogP contribution in [0.15, 0.2) is 158 Å². The molecule has 0 rings (SSSR count). The monoisotopic (exact) mass is 949 g/mol. The van der Waals surface area contributed by atoms with Gasteiger partial charge in [0, 0.05) is 19.3 Å². The standard InChI is InChI=1S/C63H96O6/c1-4-7-10-13-16-19-22-25-28-31-34-37-40-43-46-49-52-55-61(64)67-58-60(69-63(66)57-54-51-48-45-42-39-36-33-30-27-24-21-18-15-12-9-6-3)59-68-62(65)56-53-50-47-44-41-38-35-32-29-26-23-20-17-14-11-8-5-2/h7,10,16-21,25-30,34-39,43-48,60H,4-6,8-9,11-15,22-24,31-33,40-42,49-59H2,1-3H3/b10-7-,19-16-,20-17-,21-18-,28-25-,29-26-,30-27-,37-34-,38-35-,39-36-,46-43-,47-44-,48-45-. The topological polar surface area (TPSA) is 78.9 Å². The molecule has 0 N–H and O–H groups in total. The Balaban J connectivity index is 4.69. The van der Waals surface area contributed by atoms with E-state index in [2.05, 4.69) is 179 Å². The summed E-state index contributed by atoms with van der Waals surface area (Å²) in [6, 6.07) is 0. The quantitative estimate of drug-likeness (QED) is 0.0262. The number of carbonyl (C=O) groups excluding carboxylic acids is 3. The van der Waals surface area contributed by atoms with Gasteiger partial charge in [-0.05, 0) is 135 Å². The molecule has 0 aliphatic carbocycles. The highest BCUT2D eigenvalue weighted by Crippen LogP contribution is 2.09. The molecule has 0 radical (unpaired) electrons. The third-order valence-electron chi connectivity index (χ3n) is 10.5. The first-order valence-corrected chi connectivity index (χ1v) is 27.0. The summed E-state index contributed by atoms with van der Waals surface area (Å²) in [6.45, 7) is 6.30. The van der Waals surface area contributed by atoms with Crippen LogP contribution < -0.4 is 0 Å². The molecule has 1 unspecified atom stereocenters. The maximum Gasteiger partial charge on any atom is 0.306 e. The number of ether oxygens (including phenoxy) is 3. The number of allylic oxidation sites excluding steroid dienone is 26. The third-order valence-corrected chi connectivity index (χ3v) is 10.5. The summed E-state index contributed by atoms with van der Waals surface area (Å²) >= 11 is 0. The summed E-state index contributed by atoms with van der Waals surface area (Å²) in [5.41, 5.74) is 0. The van der Waals surface area contributed by atoms with E-state index >= 15 is 0 Å². The molecule has 1 atom stereocenters. The lowest BCUT2D eigenvalue weighted by Crippen LogP contribution is -2.30. The minimum atomic E-state index is -0.860. The first kappa shape index (κ1) is 64.0. The second-order valence-electron chi connectivity index (χ2n) is 17.0. The van der Waals surface area contributed by atoms with E-state index in [4.69, 9.17) is 14.2 Å². The average Bonchev–Trinajstić information content (AvgIpc) is 3.35. The van der Waals surface area contributed by atoms with E-state index in [9.17, 15) is 14.4 Å². The zero-order valence-electron chi connectivity index (χ0n) is 43.8. The smallest absolute Gasteiger partial charge is 0.306 e. The first-order chi connectivity index (χ1) is 34.0. The fourth-order valence-corrected chi connectivity index (χ4v) is 6.46. The molecule has 0 heterocycles. The van der Waals surface area contributed by atoms with Crippen molar-refractivity contribution in [2.75, 3.05) is 13.2 Å². The van der Waals surface area contributed by atoms with Gasteiger partial charge in [0.05, 0.1) is 0 Å². The Labute approximate surface area is 422 Å². The van der Waals surface area contributed by atoms with Gasteiger partial charge in [0.2, 0.25) is 0 Å². The molecule has 384 valence electrons. The van der Waals surface area contributed by atoms with Crippen molar-refractivity contribution in [2.24, 2.45) is 0 Å². The summed E-state index contributed by atoms with van der Waals surface area (Å²) in [4.78, 5) is 38.0. The lowest BCUT2D eigenvalue weighted by atomic mass is 10.2. The minimum absolute atomic E-state index is 0.153. The van der Waals surface area contributed by atoms with Gasteiger partial charge in [-0.3, -0.25) is 14.4 Å². The number of hydrogen-bond donors (Lipinski definition) is 0. The van der Waals surface area contributed by atoms with Gasteiger partial charge >= 0.3 is 17.9 Å². The largest absolute Gasteiger partial charge is 0.462 e. The van der Waals surface area contributed by atoms with Crippen LogP contribution >= 0.6 is 0 Å². The number of hydrogen-bond acceptors (Lipinski definition) is 6. The Morgan fingerprint density at radius 1 is 0.304 bits per heavy atom. The second-order valence-corrected chi connectivity index (χ2v) is 17.0. The highest BCUT2D eigenvalue weighted by molar-refractivity contribution is 5.71. The lowest BCUT2D eigenvalue weighted by molar-refractivity contribution is -0.166. The predicted molar refractivity (Wildman–Crippen MR) is 297 cm³/mol. The molecule has 69 heavy (non-hydrogen) atoms. The van der Waals surface area contributed by atoms with Crippen molar-refractivity contribution in [3.63, 3.8) is 0 Å². The molecule has 6 nitrogen and oxygen atoms in total. The maximum atomic E-state index is 12.8. The molecule has 0 bridgehead atoms. The molecule has 6 heteroatoms. The molecule has 0 saturated heterocycles. The van der Waals surface area contributed by atoms with Crippen LogP contribution in [0.5, 0.6) is 0 Å². The van der Waals surface area contributed by atoms with E-state index in [1.807, 2.05) is 0 Å². The second kappa shape index (κ2) is 55.6. The Kier molecular flexibility index (Phi) is 51.6. The fraction of sp³-hybridized carbons (Fsp3) is 0.540. The van der Waals surface area contributed by atoms with E-state index in [0.717, 1.165) is 89.9 Å². The molecule has 0 fully saturated rings. The van der Waals surface area contributed by atoms with Crippen LogP contribution in [0.3, 0.4) is 0 Å². The van der Waals surface area contributed by atoms with Crippen molar-refractivity contribution >= 4 is 17.9 Å². The Bertz CT molecular complexity index is 1610. The van der Waals surface area contributed by atoms with E-state index in [-0.39, 0.29) is 44.4 Å². The van der Waals surface area contributed by atoms with Crippen LogP contribution in [0.1, 0.15) is 201 Å². The molecule has 0 aromatic carbocycles. The van der Waals surface area contributed by atoms with Crippen molar-refractivity contribution in [3.8, 4) is 0 Å². The number of unbranched alkanes of at least 4 members (excludes halogenated alkanes) is 9. The molecule has 0 amide bonds. The molecular weight excluding hydrogens is 853 g/mol. The number of rotatable bonds is 46. The van der Waals surface area contributed by atoms with Gasteiger partial charge in [-0.15, -0.1) is 0 Å². The zero-order valence-corrected chi connectivity index (χ0v) is 43.8. The van der Waals surface area contributed by atoms with Gasteiger partial charge in [0.1, 0.15) is 13.2 Å². The van der Waals surface area contributed by atoms with Gasteiger partial charge in [-0.2, -0.15) is 0 Å². The van der Waals surface area contributed by atoms with Crippen LogP contribution in [0.2, 0.25) is 0 Å². The maximum absolute atomic E-state index is 12.8. The summed E-state index contributed by atoms with van der Waals surface area (Å²) in [6.07, 6.45) is 81.0. The molecule has 0 aromatic rings. The molecule has 0 aromatic heterocycles. The van der Waals surface area contributed by atoms with Gasteiger partial charge < -0.3 is 14.2 Å². The zero-order chi connectivity index (χ0) is 50.0. The number of carbonyl (C=O) groups is 3. The molecule has 0 spiro atoms. The van der Waals surface area contributed by atoms with Gasteiger partial charge in [-0.1, -0.05) is 204 Å². The van der Waals surface area contributed by atoms with E-state index < -0.39 is 12.1 Å². The Hall–Kier alpha value is -4.97. The normalized spacial score (nSPS) is 13.4. The average molecular weight is 949 g/mol. The molecule has 0 aliphatic heterocycles. The molecular formula is C63H96O6. The molecule has 0 saturated carbocycles. The minimum Gasteiger partial charge on any atom is -0.462 e. The Morgan fingerprint density at radius 2 is 0.551 bits per heavy atom. The molecule has 0 aliphatic rings. The van der Waals surface area contributed by atoms with Gasteiger partial charge in [0.15, 0.2) is 6.10 Å². The van der Waals surface area contributed by atoms with Crippen molar-refractivity contribution in [1.82, 2.24) is 0 Å². The highest BCUT2D eigenvalue weighted by Gasteiger charge is 2.19. The van der Waals surface area contributed by atoms with Gasteiger partial charge in [-0.25, -0.2) is 0 Å². The predicted octanol–water partition coefficient (Wildman–Crippen LogP) is 18.2. The van der Waals surface area contributed by atoms with Crippen LogP contribution in [0.25, 0.3) is 0 Å². The third kappa shape index (κ3) is 53.8. The van der Waals surface area contributed by atoms with E-state index in [0.29, 0.717) is 19.3 Å². The summed E-state index contributed by atoms with van der Waals surface area (Å²) < 4.78 is 16.7. The van der Waals surface area contributed by atoms with Crippen molar-refractivity contribution < 1.29 is 28.6 Å². The highest BCUT2D eigenvalue weighted by atomic mass is 16.6. The lowest BCUT2D eigenvalue weighted by Gasteiger charge is -2.18. The van der Waals surface area contributed by atoms with Gasteiger partial charge in [0.25, 0.3) is 0 Å². The summed E-state index contributed by atoms with van der Waals surface area (Å²) in [5, 5.41) is 0. The van der Waals surface area contributed by atoms with Crippen LogP contribution in [-0.4, -0.2) is 37.2 Å². The van der Waals surface area contributed by atoms with Crippen LogP contribution in [-0.2, 0) is 28.6 Å². The van der Waals surface area contributed by atoms with Crippen molar-refractivity contribution in [1.29, 1.82) is 0 Å². The van der Waals surface area contributed by atoms with Crippen molar-refractivity contribution in [2.45, 2.75) is 207 Å². The van der Waals surface area contributed by atoms with Crippen molar-refractivity contribution in [3.05, 3.63) is 158 Å². The number of esters is 3.